The van der Waals surface area contributed by atoms with Crippen molar-refractivity contribution in [2.75, 3.05) is 0 Å². The van der Waals surface area contributed by atoms with Crippen LogP contribution in [0.5, 0.6) is 0 Å². The molecule has 1 heterocycles. The fraction of sp³-hybridized carbons (Fsp3) is 0.100. The standard InChI is InChI=1S/C10H8N2O2/c11-5-2-1-3-8-7-12-6-4-9(8)10(13)14/h1,3-4,6-7H,2H2,(H,13,14). The first-order valence-corrected chi connectivity index (χ1v) is 3.96. The van der Waals surface area contributed by atoms with Gasteiger partial charge in [-0.15, -0.1) is 0 Å². The van der Waals surface area contributed by atoms with Gasteiger partial charge in [0.2, 0.25) is 0 Å². The predicted octanol–water partition coefficient (Wildman–Crippen LogP) is 1.71. The van der Waals surface area contributed by atoms with E-state index in [0.29, 0.717) is 5.56 Å². The van der Waals surface area contributed by atoms with Gasteiger partial charge in [0.25, 0.3) is 0 Å². The molecule has 0 saturated heterocycles. The van der Waals surface area contributed by atoms with Crippen LogP contribution in [0, 0.1) is 11.3 Å². The van der Waals surface area contributed by atoms with Crippen molar-refractivity contribution in [2.24, 2.45) is 0 Å². The Labute approximate surface area is 81.1 Å². The van der Waals surface area contributed by atoms with E-state index in [4.69, 9.17) is 10.4 Å². The summed E-state index contributed by atoms with van der Waals surface area (Å²) in [4.78, 5) is 14.5. The zero-order valence-electron chi connectivity index (χ0n) is 7.34. The van der Waals surface area contributed by atoms with Crippen LogP contribution < -0.4 is 0 Å². The Hall–Kier alpha value is -2.15. The Morgan fingerprint density at radius 1 is 1.71 bits per heavy atom. The lowest BCUT2D eigenvalue weighted by Gasteiger charge is -1.97. The molecule has 14 heavy (non-hydrogen) atoms. The van der Waals surface area contributed by atoms with E-state index in [1.54, 1.807) is 12.2 Å². The summed E-state index contributed by atoms with van der Waals surface area (Å²) in [6.45, 7) is 0. The Morgan fingerprint density at radius 3 is 3.14 bits per heavy atom. The highest BCUT2D eigenvalue weighted by atomic mass is 16.4. The molecule has 0 fully saturated rings. The van der Waals surface area contributed by atoms with Crippen LogP contribution in [0.1, 0.15) is 22.3 Å². The molecule has 0 spiro atoms. The zero-order chi connectivity index (χ0) is 10.4. The summed E-state index contributed by atoms with van der Waals surface area (Å²) in [5.74, 6) is -0.996. The number of aromatic carboxylic acids is 1. The third kappa shape index (κ3) is 2.42. The van der Waals surface area contributed by atoms with Gasteiger partial charge in [-0.05, 0) is 6.07 Å². The fourth-order valence-electron chi connectivity index (χ4n) is 0.973. The van der Waals surface area contributed by atoms with Crippen molar-refractivity contribution in [3.8, 4) is 6.07 Å². The molecule has 4 heteroatoms. The number of hydrogen-bond donors (Lipinski definition) is 1. The number of pyridine rings is 1. The molecule has 1 aromatic rings. The lowest BCUT2D eigenvalue weighted by Crippen LogP contribution is -1.99. The molecular weight excluding hydrogens is 180 g/mol. The van der Waals surface area contributed by atoms with Crippen molar-refractivity contribution < 1.29 is 9.90 Å². The quantitative estimate of drug-likeness (QED) is 0.783. The molecule has 4 nitrogen and oxygen atoms in total. The van der Waals surface area contributed by atoms with E-state index < -0.39 is 5.97 Å². The van der Waals surface area contributed by atoms with E-state index in [9.17, 15) is 4.79 Å². The molecule has 0 radical (unpaired) electrons. The molecule has 70 valence electrons. The molecule has 0 unspecified atom stereocenters. The molecule has 0 aliphatic rings. The fourth-order valence-corrected chi connectivity index (χ4v) is 0.973. The summed E-state index contributed by atoms with van der Waals surface area (Å²) >= 11 is 0. The lowest BCUT2D eigenvalue weighted by molar-refractivity contribution is 0.0696. The first-order valence-electron chi connectivity index (χ1n) is 3.96. The van der Waals surface area contributed by atoms with Gasteiger partial charge in [0, 0.05) is 18.0 Å². The van der Waals surface area contributed by atoms with E-state index in [2.05, 4.69) is 4.98 Å². The molecule has 0 amide bonds. The smallest absolute Gasteiger partial charge is 0.336 e. The van der Waals surface area contributed by atoms with Gasteiger partial charge >= 0.3 is 5.97 Å². The van der Waals surface area contributed by atoms with E-state index in [1.807, 2.05) is 6.07 Å². The predicted molar refractivity (Wildman–Crippen MR) is 50.5 cm³/mol. The van der Waals surface area contributed by atoms with Crippen molar-refractivity contribution in [1.29, 1.82) is 5.26 Å². The van der Waals surface area contributed by atoms with E-state index in [-0.39, 0.29) is 12.0 Å². The van der Waals surface area contributed by atoms with E-state index in [0.717, 1.165) is 0 Å². The Kier molecular flexibility index (Phi) is 3.39. The van der Waals surface area contributed by atoms with Crippen LogP contribution >= 0.6 is 0 Å². The minimum Gasteiger partial charge on any atom is -0.478 e. The van der Waals surface area contributed by atoms with Gasteiger partial charge in [0.15, 0.2) is 0 Å². The Balaban J connectivity index is 2.97. The second-order valence-electron chi connectivity index (χ2n) is 2.53. The number of nitriles is 1. The van der Waals surface area contributed by atoms with Gasteiger partial charge in [-0.2, -0.15) is 5.26 Å². The first-order chi connectivity index (χ1) is 6.75. The highest BCUT2D eigenvalue weighted by Crippen LogP contribution is 2.09. The van der Waals surface area contributed by atoms with Crippen molar-refractivity contribution >= 4 is 12.0 Å². The number of hydrogen-bond acceptors (Lipinski definition) is 3. The topological polar surface area (TPSA) is 74.0 Å². The molecule has 1 N–H and O–H groups in total. The number of carbonyl (C=O) groups is 1. The van der Waals surface area contributed by atoms with Crippen LogP contribution in [0.25, 0.3) is 6.08 Å². The van der Waals surface area contributed by atoms with Crippen molar-refractivity contribution in [1.82, 2.24) is 4.98 Å². The van der Waals surface area contributed by atoms with E-state index >= 15 is 0 Å². The number of rotatable bonds is 3. The largest absolute Gasteiger partial charge is 0.478 e. The maximum atomic E-state index is 10.7. The second-order valence-corrected chi connectivity index (χ2v) is 2.53. The Morgan fingerprint density at radius 2 is 2.50 bits per heavy atom. The van der Waals surface area contributed by atoms with Crippen LogP contribution in [-0.2, 0) is 0 Å². The normalized spacial score (nSPS) is 9.93. The highest BCUT2D eigenvalue weighted by Gasteiger charge is 2.05. The van der Waals surface area contributed by atoms with Crippen LogP contribution in [-0.4, -0.2) is 16.1 Å². The molecule has 0 aliphatic heterocycles. The molecule has 0 aromatic carbocycles. The van der Waals surface area contributed by atoms with Crippen molar-refractivity contribution in [3.05, 3.63) is 35.7 Å². The first kappa shape index (κ1) is 9.93. The average molecular weight is 188 g/mol. The molecule has 0 atom stereocenters. The molecule has 0 saturated carbocycles. The van der Waals surface area contributed by atoms with Gasteiger partial charge in [-0.25, -0.2) is 4.79 Å². The molecule has 1 rings (SSSR count). The Bertz CT molecular complexity index is 405. The molecule has 0 bridgehead atoms. The summed E-state index contributed by atoms with van der Waals surface area (Å²) in [6.07, 6.45) is 6.32. The van der Waals surface area contributed by atoms with Gasteiger partial charge in [0.05, 0.1) is 18.1 Å². The number of nitrogens with zero attached hydrogens (tertiary/aromatic N) is 2. The number of carboxylic acid groups (broad SMARTS) is 1. The van der Waals surface area contributed by atoms with Crippen molar-refractivity contribution in [2.45, 2.75) is 6.42 Å². The van der Waals surface area contributed by atoms with Gasteiger partial charge in [-0.3, -0.25) is 4.98 Å². The van der Waals surface area contributed by atoms with Crippen LogP contribution in [0.4, 0.5) is 0 Å². The summed E-state index contributed by atoms with van der Waals surface area (Å²) < 4.78 is 0. The third-order valence-corrected chi connectivity index (χ3v) is 1.59. The third-order valence-electron chi connectivity index (χ3n) is 1.59. The molecular formula is C10H8N2O2. The minimum atomic E-state index is -0.996. The van der Waals surface area contributed by atoms with Crippen molar-refractivity contribution in [3.63, 3.8) is 0 Å². The summed E-state index contributed by atoms with van der Waals surface area (Å²) in [5.41, 5.74) is 0.699. The molecule has 0 aliphatic carbocycles. The van der Waals surface area contributed by atoms with Crippen LogP contribution in [0.2, 0.25) is 0 Å². The molecule has 1 aromatic heterocycles. The SMILES string of the molecule is N#CCC=Cc1cnccc1C(=O)O. The highest BCUT2D eigenvalue weighted by molar-refractivity contribution is 5.91. The average Bonchev–Trinajstić information content (AvgIpc) is 2.19. The van der Waals surface area contributed by atoms with E-state index in [1.165, 1.54) is 18.5 Å². The second kappa shape index (κ2) is 4.77. The lowest BCUT2D eigenvalue weighted by atomic mass is 10.1. The summed E-state index contributed by atoms with van der Waals surface area (Å²) in [7, 11) is 0. The van der Waals surface area contributed by atoms with Crippen LogP contribution in [0.3, 0.4) is 0 Å². The summed E-state index contributed by atoms with van der Waals surface area (Å²) in [5, 5.41) is 17.1. The minimum absolute atomic E-state index is 0.189. The number of aromatic nitrogens is 1. The zero-order valence-corrected chi connectivity index (χ0v) is 7.34. The van der Waals surface area contributed by atoms with Gasteiger partial charge < -0.3 is 5.11 Å². The monoisotopic (exact) mass is 188 g/mol. The maximum absolute atomic E-state index is 10.7. The summed E-state index contributed by atoms with van der Waals surface area (Å²) in [6, 6.07) is 3.36. The van der Waals surface area contributed by atoms with Crippen LogP contribution in [0.15, 0.2) is 24.5 Å². The van der Waals surface area contributed by atoms with Gasteiger partial charge in [0.1, 0.15) is 0 Å². The number of allylic oxidation sites excluding steroid dienone is 1. The number of carboxylic acids is 1. The maximum Gasteiger partial charge on any atom is 0.336 e. The van der Waals surface area contributed by atoms with Gasteiger partial charge in [-0.1, -0.05) is 12.2 Å².